The lowest BCUT2D eigenvalue weighted by Gasteiger charge is -2.10. The van der Waals surface area contributed by atoms with Gasteiger partial charge in [-0.1, -0.05) is 61.2 Å². The standard InChI is InChI=1S/C23H19N3.C7H7N5O/c1-3-18-14-21-11-7-10-20(13-12-17-15-24-26(2)16-17)23(21)25-22(18)19-8-5-4-6-9-19;8-5-4(6(9)13)7-10-1-2-12(7)3-11-5/h4-11,14-16H,3H2,1-2H3;1-3H,8H2,(H2,9,13). The van der Waals surface area contributed by atoms with Crippen LogP contribution in [0.3, 0.4) is 0 Å². The Kier molecular flexibility index (Phi) is 7.01. The fourth-order valence-corrected chi connectivity index (χ4v) is 4.22. The number of benzene rings is 2. The van der Waals surface area contributed by atoms with Crippen molar-refractivity contribution in [1.82, 2.24) is 29.1 Å². The first-order valence-electron chi connectivity index (χ1n) is 12.3. The summed E-state index contributed by atoms with van der Waals surface area (Å²) in [5.41, 5.74) is 17.4. The number of amides is 1. The van der Waals surface area contributed by atoms with Crippen LogP contribution in [0, 0.1) is 11.8 Å². The second-order valence-corrected chi connectivity index (χ2v) is 8.77. The summed E-state index contributed by atoms with van der Waals surface area (Å²) in [5.74, 6) is 5.94. The minimum atomic E-state index is -0.623. The Balaban J connectivity index is 0.000000198. The van der Waals surface area contributed by atoms with E-state index >= 15 is 0 Å². The van der Waals surface area contributed by atoms with E-state index in [1.165, 1.54) is 11.9 Å². The van der Waals surface area contributed by atoms with Crippen molar-refractivity contribution in [3.8, 4) is 23.1 Å². The molecule has 0 spiro atoms. The van der Waals surface area contributed by atoms with Gasteiger partial charge in [-0.2, -0.15) is 5.10 Å². The van der Waals surface area contributed by atoms with Gasteiger partial charge in [0.05, 0.1) is 28.5 Å². The molecule has 0 aliphatic heterocycles. The molecule has 0 aliphatic rings. The van der Waals surface area contributed by atoms with Gasteiger partial charge in [-0.25, -0.2) is 15.0 Å². The second kappa shape index (κ2) is 10.9. The van der Waals surface area contributed by atoms with Crippen molar-refractivity contribution in [2.24, 2.45) is 12.8 Å². The first kappa shape index (κ1) is 25.2. The molecule has 6 rings (SSSR count). The SMILES string of the molecule is CCc1cc2cccc(C#Cc3cnn(C)c3)c2nc1-c1ccccc1.NC(=O)c1c(N)ncn2ccnc12. The van der Waals surface area contributed by atoms with Crippen LogP contribution in [-0.4, -0.2) is 35.0 Å². The Morgan fingerprint density at radius 3 is 2.59 bits per heavy atom. The average molecular weight is 515 g/mol. The van der Waals surface area contributed by atoms with Crippen LogP contribution in [0.2, 0.25) is 0 Å². The third kappa shape index (κ3) is 5.31. The molecule has 0 unspecified atom stereocenters. The normalized spacial score (nSPS) is 10.5. The second-order valence-electron chi connectivity index (χ2n) is 8.77. The van der Waals surface area contributed by atoms with Crippen LogP contribution in [0.15, 0.2) is 85.7 Å². The molecule has 0 aliphatic carbocycles. The zero-order valence-corrected chi connectivity index (χ0v) is 21.5. The number of nitrogen functional groups attached to an aromatic ring is 1. The lowest BCUT2D eigenvalue weighted by molar-refractivity contribution is 0.100. The minimum absolute atomic E-state index is 0.103. The molecule has 2 aromatic carbocycles. The van der Waals surface area contributed by atoms with Crippen LogP contribution in [0.4, 0.5) is 5.82 Å². The number of anilines is 1. The molecule has 0 fully saturated rings. The number of nitrogens with two attached hydrogens (primary N) is 2. The number of primary amides is 1. The summed E-state index contributed by atoms with van der Waals surface area (Å²) in [6.07, 6.45) is 9.31. The van der Waals surface area contributed by atoms with Gasteiger partial charge in [0.25, 0.3) is 5.91 Å². The van der Waals surface area contributed by atoms with Crippen molar-refractivity contribution in [2.45, 2.75) is 13.3 Å². The summed E-state index contributed by atoms with van der Waals surface area (Å²) in [6, 6.07) is 18.8. The molecule has 0 radical (unpaired) electrons. The predicted molar refractivity (Wildman–Crippen MR) is 152 cm³/mol. The number of imidazole rings is 1. The predicted octanol–water partition coefficient (Wildman–Crippen LogP) is 4.01. The summed E-state index contributed by atoms with van der Waals surface area (Å²) in [7, 11) is 1.89. The van der Waals surface area contributed by atoms with E-state index in [1.54, 1.807) is 27.7 Å². The summed E-state index contributed by atoms with van der Waals surface area (Å²) in [5, 5.41) is 5.29. The molecule has 192 valence electrons. The highest BCUT2D eigenvalue weighted by atomic mass is 16.1. The van der Waals surface area contributed by atoms with Crippen molar-refractivity contribution in [2.75, 3.05) is 5.73 Å². The highest BCUT2D eigenvalue weighted by Crippen LogP contribution is 2.27. The van der Waals surface area contributed by atoms with Crippen LogP contribution in [-0.2, 0) is 13.5 Å². The minimum Gasteiger partial charge on any atom is -0.383 e. The Hall–Kier alpha value is -5.49. The third-order valence-electron chi connectivity index (χ3n) is 6.12. The van der Waals surface area contributed by atoms with Crippen molar-refractivity contribution in [3.05, 3.63) is 108 Å². The molecule has 0 saturated carbocycles. The maximum atomic E-state index is 11.0. The lowest BCUT2D eigenvalue weighted by Crippen LogP contribution is -2.16. The molecule has 0 saturated heterocycles. The van der Waals surface area contributed by atoms with Gasteiger partial charge < -0.3 is 11.5 Å². The third-order valence-corrected chi connectivity index (χ3v) is 6.12. The number of rotatable bonds is 3. The Morgan fingerprint density at radius 2 is 1.87 bits per heavy atom. The van der Waals surface area contributed by atoms with Crippen LogP contribution in [0.5, 0.6) is 0 Å². The van der Waals surface area contributed by atoms with Crippen LogP contribution < -0.4 is 11.5 Å². The summed E-state index contributed by atoms with van der Waals surface area (Å²) >= 11 is 0. The van der Waals surface area contributed by atoms with Gasteiger partial charge in [0.2, 0.25) is 0 Å². The number of aryl methyl sites for hydroxylation is 2. The number of carbonyl (C=O) groups excluding carboxylic acids is 1. The van der Waals surface area contributed by atoms with Gasteiger partial charge in [-0.05, 0) is 24.1 Å². The van der Waals surface area contributed by atoms with E-state index in [9.17, 15) is 4.79 Å². The van der Waals surface area contributed by atoms with E-state index in [-0.39, 0.29) is 11.4 Å². The number of carbonyl (C=O) groups is 1. The molecule has 0 bridgehead atoms. The maximum Gasteiger partial charge on any atom is 0.256 e. The van der Waals surface area contributed by atoms with Gasteiger partial charge in [0.15, 0.2) is 5.65 Å². The summed E-state index contributed by atoms with van der Waals surface area (Å²) < 4.78 is 3.34. The number of para-hydroxylation sites is 1. The molecule has 9 heteroatoms. The quantitative estimate of drug-likeness (QED) is 0.343. The molecule has 4 N–H and O–H groups in total. The largest absolute Gasteiger partial charge is 0.383 e. The maximum absolute atomic E-state index is 11.0. The van der Waals surface area contributed by atoms with Crippen molar-refractivity contribution < 1.29 is 4.79 Å². The molecule has 4 heterocycles. The molecule has 0 atom stereocenters. The fourth-order valence-electron chi connectivity index (χ4n) is 4.22. The van der Waals surface area contributed by atoms with E-state index in [4.69, 9.17) is 16.5 Å². The molecule has 4 aromatic heterocycles. The molecule has 1 amide bonds. The van der Waals surface area contributed by atoms with Gasteiger partial charge >= 0.3 is 0 Å². The zero-order valence-electron chi connectivity index (χ0n) is 21.5. The lowest BCUT2D eigenvalue weighted by atomic mass is 10.00. The van der Waals surface area contributed by atoms with Gasteiger partial charge in [-0.15, -0.1) is 0 Å². The number of pyridine rings is 1. The van der Waals surface area contributed by atoms with Gasteiger partial charge in [-0.3, -0.25) is 13.9 Å². The van der Waals surface area contributed by atoms with Crippen LogP contribution in [0.25, 0.3) is 27.8 Å². The molecular weight excluding hydrogens is 488 g/mol. The first-order valence-corrected chi connectivity index (χ1v) is 12.3. The molecular formula is C30H26N8O. The average Bonchev–Trinajstić information content (AvgIpc) is 3.60. The molecule has 39 heavy (non-hydrogen) atoms. The highest BCUT2D eigenvalue weighted by Gasteiger charge is 2.13. The van der Waals surface area contributed by atoms with Crippen molar-refractivity contribution in [3.63, 3.8) is 0 Å². The number of hydrogen-bond acceptors (Lipinski definition) is 6. The first-order chi connectivity index (χ1) is 18.9. The fraction of sp³-hybridized carbons (Fsp3) is 0.100. The monoisotopic (exact) mass is 514 g/mol. The summed E-state index contributed by atoms with van der Waals surface area (Å²) in [6.45, 7) is 2.17. The number of aromatic nitrogens is 6. The van der Waals surface area contributed by atoms with Crippen molar-refractivity contribution in [1.29, 1.82) is 0 Å². The smallest absolute Gasteiger partial charge is 0.256 e. The Bertz CT molecular complexity index is 1860. The highest BCUT2D eigenvalue weighted by molar-refractivity contribution is 6.02. The summed E-state index contributed by atoms with van der Waals surface area (Å²) in [4.78, 5) is 23.7. The Labute approximate surface area is 225 Å². The van der Waals surface area contributed by atoms with E-state index in [1.807, 2.05) is 31.4 Å². The van der Waals surface area contributed by atoms with Crippen LogP contribution >= 0.6 is 0 Å². The van der Waals surface area contributed by atoms with Gasteiger partial charge in [0.1, 0.15) is 17.7 Å². The number of fused-ring (bicyclic) bond motifs is 2. The molecule has 6 aromatic rings. The topological polar surface area (TPSA) is 130 Å². The van der Waals surface area contributed by atoms with E-state index < -0.39 is 5.91 Å². The van der Waals surface area contributed by atoms with E-state index in [2.05, 4.69) is 70.2 Å². The van der Waals surface area contributed by atoms with Crippen LogP contribution in [0.1, 0.15) is 34.0 Å². The number of hydrogen-bond donors (Lipinski definition) is 2. The Morgan fingerprint density at radius 1 is 1.05 bits per heavy atom. The van der Waals surface area contributed by atoms with E-state index in [0.717, 1.165) is 39.7 Å². The van der Waals surface area contributed by atoms with E-state index in [0.29, 0.717) is 5.65 Å². The van der Waals surface area contributed by atoms with Gasteiger partial charge in [0, 0.05) is 36.6 Å². The zero-order chi connectivity index (χ0) is 27.4. The van der Waals surface area contributed by atoms with Crippen molar-refractivity contribution >= 4 is 28.3 Å². The molecule has 9 nitrogen and oxygen atoms in total. The number of nitrogens with zero attached hydrogens (tertiary/aromatic N) is 6.